The minimum Gasteiger partial charge on any atom is -0.490 e. The summed E-state index contributed by atoms with van der Waals surface area (Å²) in [4.78, 5) is 0. The standard InChI is InChI=1S/C24H23BrClNO4/c1-2-28-23-12-17(14-27-19-6-7-21-22(13-19)30-9-8-29-21)11-20(25)24(23)31-15-16-4-3-5-18(26)10-16/h3-7,10-13,27H,2,8-9,14-15H2,1H3. The van der Waals surface area contributed by atoms with Crippen molar-refractivity contribution in [1.82, 2.24) is 0 Å². The van der Waals surface area contributed by atoms with Crippen molar-refractivity contribution >= 4 is 33.2 Å². The summed E-state index contributed by atoms with van der Waals surface area (Å²) in [6.07, 6.45) is 0. The Kier molecular flexibility index (Phi) is 7.10. The van der Waals surface area contributed by atoms with Crippen LogP contribution in [0.3, 0.4) is 0 Å². The third-order valence-electron chi connectivity index (χ3n) is 4.68. The van der Waals surface area contributed by atoms with Crippen LogP contribution in [0.5, 0.6) is 23.0 Å². The molecule has 5 nitrogen and oxygen atoms in total. The monoisotopic (exact) mass is 503 g/mol. The predicted octanol–water partition coefficient (Wildman–Crippen LogP) is 6.46. The first-order valence-electron chi connectivity index (χ1n) is 10.1. The van der Waals surface area contributed by atoms with E-state index in [-0.39, 0.29) is 0 Å². The number of hydrogen-bond donors (Lipinski definition) is 1. The molecule has 3 aromatic rings. The van der Waals surface area contributed by atoms with E-state index in [1.54, 1.807) is 0 Å². The molecule has 162 valence electrons. The van der Waals surface area contributed by atoms with Crippen molar-refractivity contribution in [2.45, 2.75) is 20.1 Å². The minimum absolute atomic E-state index is 0.397. The average Bonchev–Trinajstić information content (AvgIpc) is 2.77. The maximum atomic E-state index is 6.07. The Labute approximate surface area is 195 Å². The molecule has 1 aliphatic rings. The van der Waals surface area contributed by atoms with Gasteiger partial charge < -0.3 is 24.3 Å². The van der Waals surface area contributed by atoms with Gasteiger partial charge in [0.1, 0.15) is 19.8 Å². The van der Waals surface area contributed by atoms with Gasteiger partial charge in [0, 0.05) is 23.3 Å². The fourth-order valence-corrected chi connectivity index (χ4v) is 4.08. The summed E-state index contributed by atoms with van der Waals surface area (Å²) in [6.45, 7) is 4.66. The van der Waals surface area contributed by atoms with Gasteiger partial charge in [-0.05, 0) is 70.4 Å². The molecule has 4 rings (SSSR count). The molecule has 0 spiro atoms. The number of rotatable bonds is 8. The van der Waals surface area contributed by atoms with E-state index in [0.29, 0.717) is 49.5 Å². The largest absolute Gasteiger partial charge is 0.490 e. The second-order valence-corrected chi connectivity index (χ2v) is 8.26. The summed E-state index contributed by atoms with van der Waals surface area (Å²) in [6, 6.07) is 17.5. The van der Waals surface area contributed by atoms with Crippen LogP contribution in [0.15, 0.2) is 59.1 Å². The molecule has 1 N–H and O–H groups in total. The zero-order valence-electron chi connectivity index (χ0n) is 17.1. The second kappa shape index (κ2) is 10.2. The molecule has 0 fully saturated rings. The normalized spacial score (nSPS) is 12.4. The smallest absolute Gasteiger partial charge is 0.175 e. The molecule has 3 aromatic carbocycles. The van der Waals surface area contributed by atoms with Gasteiger partial charge in [0.05, 0.1) is 11.1 Å². The van der Waals surface area contributed by atoms with Crippen molar-refractivity contribution < 1.29 is 18.9 Å². The molecule has 0 bridgehead atoms. The Morgan fingerprint density at radius 3 is 2.61 bits per heavy atom. The van der Waals surface area contributed by atoms with E-state index < -0.39 is 0 Å². The van der Waals surface area contributed by atoms with Crippen LogP contribution in [0.1, 0.15) is 18.1 Å². The number of benzene rings is 3. The van der Waals surface area contributed by atoms with E-state index in [4.69, 9.17) is 30.5 Å². The van der Waals surface area contributed by atoms with Crippen molar-refractivity contribution in [1.29, 1.82) is 0 Å². The van der Waals surface area contributed by atoms with Crippen LogP contribution >= 0.6 is 27.5 Å². The van der Waals surface area contributed by atoms with E-state index >= 15 is 0 Å². The molecule has 0 saturated heterocycles. The lowest BCUT2D eigenvalue weighted by Gasteiger charge is -2.19. The summed E-state index contributed by atoms with van der Waals surface area (Å²) >= 11 is 9.71. The number of nitrogens with one attached hydrogen (secondary N) is 1. The van der Waals surface area contributed by atoms with Crippen LogP contribution in [0.25, 0.3) is 0 Å². The highest BCUT2D eigenvalue weighted by Crippen LogP contribution is 2.38. The molecule has 0 radical (unpaired) electrons. The van der Waals surface area contributed by atoms with Crippen LogP contribution in [0.2, 0.25) is 5.02 Å². The summed E-state index contributed by atoms with van der Waals surface area (Å²) in [5, 5.41) is 4.11. The van der Waals surface area contributed by atoms with Gasteiger partial charge in [0.25, 0.3) is 0 Å². The lowest BCUT2D eigenvalue weighted by atomic mass is 10.2. The zero-order valence-corrected chi connectivity index (χ0v) is 19.5. The highest BCUT2D eigenvalue weighted by molar-refractivity contribution is 9.10. The highest BCUT2D eigenvalue weighted by atomic mass is 79.9. The summed E-state index contributed by atoms with van der Waals surface area (Å²) in [5.74, 6) is 2.90. The molecule has 31 heavy (non-hydrogen) atoms. The van der Waals surface area contributed by atoms with Gasteiger partial charge in [0.15, 0.2) is 23.0 Å². The fraction of sp³-hybridized carbons (Fsp3) is 0.250. The molecule has 0 atom stereocenters. The van der Waals surface area contributed by atoms with Gasteiger partial charge >= 0.3 is 0 Å². The SMILES string of the molecule is CCOc1cc(CNc2ccc3c(c2)OCCO3)cc(Br)c1OCc1cccc(Cl)c1. The molecule has 1 aliphatic heterocycles. The van der Waals surface area contributed by atoms with Gasteiger partial charge in [-0.2, -0.15) is 0 Å². The average molecular weight is 505 g/mol. The summed E-state index contributed by atoms with van der Waals surface area (Å²) in [5.41, 5.74) is 3.01. The molecular weight excluding hydrogens is 482 g/mol. The molecular formula is C24H23BrClNO4. The van der Waals surface area contributed by atoms with Crippen LogP contribution in [0, 0.1) is 0 Å². The third kappa shape index (κ3) is 5.57. The van der Waals surface area contributed by atoms with Crippen molar-refractivity contribution in [3.8, 4) is 23.0 Å². The first-order valence-corrected chi connectivity index (χ1v) is 11.3. The molecule has 7 heteroatoms. The Morgan fingerprint density at radius 2 is 1.81 bits per heavy atom. The van der Waals surface area contributed by atoms with E-state index in [1.165, 1.54) is 0 Å². The molecule has 0 aromatic heterocycles. The number of halogens is 2. The second-order valence-electron chi connectivity index (χ2n) is 6.97. The van der Waals surface area contributed by atoms with Crippen molar-refractivity contribution in [3.63, 3.8) is 0 Å². The molecule has 1 heterocycles. The van der Waals surface area contributed by atoms with Gasteiger partial charge in [0.2, 0.25) is 0 Å². The first kappa shape index (κ1) is 21.7. The number of fused-ring (bicyclic) bond motifs is 1. The maximum absolute atomic E-state index is 6.07. The topological polar surface area (TPSA) is 49.0 Å². The van der Waals surface area contributed by atoms with Gasteiger partial charge in [-0.1, -0.05) is 23.7 Å². The summed E-state index contributed by atoms with van der Waals surface area (Å²) < 4.78 is 24.0. The zero-order chi connectivity index (χ0) is 21.6. The lowest BCUT2D eigenvalue weighted by molar-refractivity contribution is 0.171. The highest BCUT2D eigenvalue weighted by Gasteiger charge is 2.14. The Hall–Kier alpha value is -2.57. The van der Waals surface area contributed by atoms with E-state index in [9.17, 15) is 0 Å². The minimum atomic E-state index is 0.397. The van der Waals surface area contributed by atoms with Crippen molar-refractivity contribution in [3.05, 3.63) is 75.2 Å². The van der Waals surface area contributed by atoms with Gasteiger partial charge in [-0.15, -0.1) is 0 Å². The third-order valence-corrected chi connectivity index (χ3v) is 5.50. The maximum Gasteiger partial charge on any atom is 0.175 e. The molecule has 0 saturated carbocycles. The Bertz CT molecular complexity index is 1060. The molecule has 0 unspecified atom stereocenters. The van der Waals surface area contributed by atoms with E-state index in [1.807, 2.05) is 61.5 Å². The Balaban J connectivity index is 1.47. The molecule has 0 aliphatic carbocycles. The van der Waals surface area contributed by atoms with Crippen LogP contribution in [-0.4, -0.2) is 19.8 Å². The first-order chi connectivity index (χ1) is 15.1. The predicted molar refractivity (Wildman–Crippen MR) is 126 cm³/mol. The van der Waals surface area contributed by atoms with Crippen molar-refractivity contribution in [2.75, 3.05) is 25.1 Å². The van der Waals surface area contributed by atoms with E-state index in [0.717, 1.165) is 32.8 Å². The van der Waals surface area contributed by atoms with Crippen LogP contribution in [-0.2, 0) is 13.2 Å². The van der Waals surface area contributed by atoms with Crippen LogP contribution < -0.4 is 24.3 Å². The fourth-order valence-electron chi connectivity index (χ4n) is 3.27. The van der Waals surface area contributed by atoms with Crippen molar-refractivity contribution in [2.24, 2.45) is 0 Å². The lowest BCUT2D eigenvalue weighted by Crippen LogP contribution is -2.15. The van der Waals surface area contributed by atoms with Gasteiger partial charge in [-0.3, -0.25) is 0 Å². The number of ether oxygens (including phenoxy) is 4. The Morgan fingerprint density at radius 1 is 0.968 bits per heavy atom. The summed E-state index contributed by atoms with van der Waals surface area (Å²) in [7, 11) is 0. The number of anilines is 1. The molecule has 0 amide bonds. The quantitative estimate of drug-likeness (QED) is 0.381. The van der Waals surface area contributed by atoms with Gasteiger partial charge in [-0.25, -0.2) is 0 Å². The van der Waals surface area contributed by atoms with Crippen LogP contribution in [0.4, 0.5) is 5.69 Å². The van der Waals surface area contributed by atoms with E-state index in [2.05, 4.69) is 21.2 Å². The number of hydrogen-bond acceptors (Lipinski definition) is 5.